The molecular formula is C25H31N5O2. The molecule has 1 aliphatic rings. The van der Waals surface area contributed by atoms with Crippen molar-refractivity contribution in [3.05, 3.63) is 72.7 Å². The van der Waals surface area contributed by atoms with Crippen LogP contribution in [0.4, 0.5) is 17.3 Å². The number of allylic oxidation sites excluding steroid dienone is 4. The molecule has 7 nitrogen and oxygen atoms in total. The smallest absolute Gasteiger partial charge is 0.227 e. The second-order valence-electron chi connectivity index (χ2n) is 7.32. The Kier molecular flexibility index (Phi) is 8.05. The molecule has 2 aromatic rings. The molecule has 7 heteroatoms. The van der Waals surface area contributed by atoms with Gasteiger partial charge in [-0.05, 0) is 37.1 Å². The molecule has 1 aliphatic heterocycles. The number of nitrogens with two attached hydrogens (primary N) is 1. The summed E-state index contributed by atoms with van der Waals surface area (Å²) in [7, 11) is 1.65. The minimum absolute atomic E-state index is 0.453. The number of nitrogens with zero attached hydrogens (tertiary/aromatic N) is 3. The number of benzene rings is 1. The maximum absolute atomic E-state index is 5.95. The third-order valence-corrected chi connectivity index (χ3v) is 5.12. The zero-order chi connectivity index (χ0) is 22.9. The first-order chi connectivity index (χ1) is 15.5. The highest BCUT2D eigenvalue weighted by Gasteiger charge is 2.15. The van der Waals surface area contributed by atoms with E-state index in [2.05, 4.69) is 39.4 Å². The minimum Gasteiger partial charge on any atom is -0.494 e. The SMILES string of the molecule is C=Cc1cnc(Nc2ccc(N3CCOCC3)cc2OC)nc1C(=C)C/C=C(N)\C=C/C. The standard InChI is InChI=1S/C25H31N5O2/c1-5-7-20(26)9-8-18(3)24-19(6-2)17-27-25(29-24)28-22-11-10-21(16-23(22)31-4)30-12-14-32-15-13-30/h5-7,9-11,16-17H,2-3,8,12-15,26H2,1,4H3,(H,27,28,29)/b7-5-,20-9+. The van der Waals surface area contributed by atoms with Crippen LogP contribution in [-0.2, 0) is 4.74 Å². The molecule has 1 fully saturated rings. The fourth-order valence-corrected chi connectivity index (χ4v) is 3.40. The lowest BCUT2D eigenvalue weighted by molar-refractivity contribution is 0.122. The van der Waals surface area contributed by atoms with Gasteiger partial charge in [0.25, 0.3) is 0 Å². The second-order valence-corrected chi connectivity index (χ2v) is 7.32. The van der Waals surface area contributed by atoms with Crippen molar-refractivity contribution in [3.8, 4) is 5.75 Å². The van der Waals surface area contributed by atoms with Gasteiger partial charge in [-0.1, -0.05) is 31.4 Å². The molecule has 32 heavy (non-hydrogen) atoms. The van der Waals surface area contributed by atoms with Gasteiger partial charge in [0.15, 0.2) is 0 Å². The van der Waals surface area contributed by atoms with Gasteiger partial charge in [-0.15, -0.1) is 0 Å². The summed E-state index contributed by atoms with van der Waals surface area (Å²) in [6.45, 7) is 13.2. The molecule has 0 saturated carbocycles. The van der Waals surface area contributed by atoms with E-state index in [1.165, 1.54) is 0 Å². The van der Waals surface area contributed by atoms with Crippen molar-refractivity contribution >= 4 is 29.0 Å². The molecule has 0 aliphatic carbocycles. The predicted molar refractivity (Wildman–Crippen MR) is 132 cm³/mol. The van der Waals surface area contributed by atoms with Crippen molar-refractivity contribution in [1.29, 1.82) is 0 Å². The summed E-state index contributed by atoms with van der Waals surface area (Å²) >= 11 is 0. The molecule has 0 amide bonds. The lowest BCUT2D eigenvalue weighted by atomic mass is 10.1. The van der Waals surface area contributed by atoms with Crippen molar-refractivity contribution in [3.63, 3.8) is 0 Å². The first-order valence-corrected chi connectivity index (χ1v) is 10.6. The predicted octanol–water partition coefficient (Wildman–Crippen LogP) is 4.53. The normalized spacial score (nSPS) is 14.4. The van der Waals surface area contributed by atoms with Crippen LogP contribution >= 0.6 is 0 Å². The van der Waals surface area contributed by atoms with Crippen LogP contribution in [0.1, 0.15) is 24.6 Å². The van der Waals surface area contributed by atoms with Crippen LogP contribution in [0.25, 0.3) is 11.6 Å². The first kappa shape index (κ1) is 23.1. The molecule has 0 spiro atoms. The molecule has 3 N–H and O–H groups in total. The molecule has 1 aromatic carbocycles. The third kappa shape index (κ3) is 5.76. The summed E-state index contributed by atoms with van der Waals surface area (Å²) in [6, 6.07) is 6.05. The average Bonchev–Trinajstić information content (AvgIpc) is 2.83. The third-order valence-electron chi connectivity index (χ3n) is 5.12. The fraction of sp³-hybridized carbons (Fsp3) is 0.280. The van der Waals surface area contributed by atoms with Crippen molar-refractivity contribution < 1.29 is 9.47 Å². The van der Waals surface area contributed by atoms with Crippen molar-refractivity contribution in [2.75, 3.05) is 43.6 Å². The lowest BCUT2D eigenvalue weighted by Crippen LogP contribution is -2.36. The number of hydrogen-bond acceptors (Lipinski definition) is 7. The molecule has 0 bridgehead atoms. The number of morpholine rings is 1. The fourth-order valence-electron chi connectivity index (χ4n) is 3.40. The lowest BCUT2D eigenvalue weighted by Gasteiger charge is -2.29. The van der Waals surface area contributed by atoms with Crippen LogP contribution in [0.2, 0.25) is 0 Å². The number of methoxy groups -OCH3 is 1. The summed E-state index contributed by atoms with van der Waals surface area (Å²) in [4.78, 5) is 11.4. The monoisotopic (exact) mass is 433 g/mol. The second kappa shape index (κ2) is 11.2. The van der Waals surface area contributed by atoms with Gasteiger partial charge in [0.05, 0.1) is 31.7 Å². The first-order valence-electron chi connectivity index (χ1n) is 10.6. The van der Waals surface area contributed by atoms with Gasteiger partial charge in [-0.2, -0.15) is 0 Å². The molecule has 1 saturated heterocycles. The Morgan fingerprint density at radius 2 is 2.12 bits per heavy atom. The topological polar surface area (TPSA) is 85.5 Å². The molecule has 168 valence electrons. The molecule has 2 heterocycles. The van der Waals surface area contributed by atoms with Gasteiger partial charge in [0.2, 0.25) is 5.95 Å². The highest BCUT2D eigenvalue weighted by atomic mass is 16.5. The molecule has 3 rings (SSSR count). The van der Waals surface area contributed by atoms with E-state index in [9.17, 15) is 0 Å². The maximum Gasteiger partial charge on any atom is 0.227 e. The highest BCUT2D eigenvalue weighted by Crippen LogP contribution is 2.32. The Labute approximate surface area is 190 Å². The van der Waals surface area contributed by atoms with E-state index in [0.29, 0.717) is 23.8 Å². The van der Waals surface area contributed by atoms with Crippen LogP contribution in [0.3, 0.4) is 0 Å². The molecular weight excluding hydrogens is 402 g/mol. The van der Waals surface area contributed by atoms with Gasteiger partial charge in [0.1, 0.15) is 5.75 Å². The van der Waals surface area contributed by atoms with E-state index in [0.717, 1.165) is 54.5 Å². The van der Waals surface area contributed by atoms with E-state index in [4.69, 9.17) is 15.2 Å². The van der Waals surface area contributed by atoms with Crippen molar-refractivity contribution in [2.45, 2.75) is 13.3 Å². The Balaban J connectivity index is 1.82. The van der Waals surface area contributed by atoms with Crippen LogP contribution in [0, 0.1) is 0 Å². The summed E-state index contributed by atoms with van der Waals surface area (Å²) in [6.07, 6.45) is 9.69. The Morgan fingerprint density at radius 3 is 2.81 bits per heavy atom. The van der Waals surface area contributed by atoms with Gasteiger partial charge in [-0.3, -0.25) is 0 Å². The number of rotatable bonds is 9. The number of anilines is 3. The molecule has 0 unspecified atom stereocenters. The zero-order valence-electron chi connectivity index (χ0n) is 18.8. The van der Waals surface area contributed by atoms with Gasteiger partial charge in [-0.25, -0.2) is 9.97 Å². The average molecular weight is 434 g/mol. The van der Waals surface area contributed by atoms with E-state index < -0.39 is 0 Å². The molecule has 1 aromatic heterocycles. The Morgan fingerprint density at radius 1 is 1.34 bits per heavy atom. The van der Waals surface area contributed by atoms with Gasteiger partial charge >= 0.3 is 0 Å². The zero-order valence-corrected chi connectivity index (χ0v) is 18.8. The van der Waals surface area contributed by atoms with E-state index in [-0.39, 0.29) is 0 Å². The largest absolute Gasteiger partial charge is 0.494 e. The number of hydrogen-bond donors (Lipinski definition) is 2. The molecule has 0 radical (unpaired) electrons. The van der Waals surface area contributed by atoms with Crippen LogP contribution in [0.5, 0.6) is 5.75 Å². The van der Waals surface area contributed by atoms with E-state index >= 15 is 0 Å². The van der Waals surface area contributed by atoms with Crippen LogP contribution in [0.15, 0.2) is 61.5 Å². The summed E-state index contributed by atoms with van der Waals surface area (Å²) in [5.41, 5.74) is 10.9. The minimum atomic E-state index is 0.453. The van der Waals surface area contributed by atoms with Crippen molar-refractivity contribution in [1.82, 2.24) is 9.97 Å². The van der Waals surface area contributed by atoms with E-state index in [1.807, 2.05) is 37.3 Å². The van der Waals surface area contributed by atoms with Gasteiger partial charge < -0.3 is 25.4 Å². The summed E-state index contributed by atoms with van der Waals surface area (Å²) in [5, 5.41) is 3.27. The number of aromatic nitrogens is 2. The number of nitrogens with one attached hydrogen (secondary N) is 1. The summed E-state index contributed by atoms with van der Waals surface area (Å²) < 4.78 is 11.1. The van der Waals surface area contributed by atoms with Crippen LogP contribution < -0.4 is 20.7 Å². The van der Waals surface area contributed by atoms with Crippen molar-refractivity contribution in [2.24, 2.45) is 5.73 Å². The number of ether oxygens (including phenoxy) is 2. The maximum atomic E-state index is 5.95. The Hall–Kier alpha value is -3.58. The Bertz CT molecular complexity index is 1020. The highest BCUT2D eigenvalue weighted by molar-refractivity contribution is 5.73. The van der Waals surface area contributed by atoms with Crippen LogP contribution in [-0.4, -0.2) is 43.4 Å². The quantitative estimate of drug-likeness (QED) is 0.562. The van der Waals surface area contributed by atoms with E-state index in [1.54, 1.807) is 19.4 Å². The summed E-state index contributed by atoms with van der Waals surface area (Å²) in [5.74, 6) is 1.17. The molecule has 0 atom stereocenters. The van der Waals surface area contributed by atoms with Gasteiger partial charge in [0, 0.05) is 42.3 Å².